The predicted octanol–water partition coefficient (Wildman–Crippen LogP) is 3.67. The molecule has 0 unspecified atom stereocenters. The number of hydrogen-bond donors (Lipinski definition) is 0. The first kappa shape index (κ1) is 19.0. The molecule has 148 valence electrons. The van der Waals surface area contributed by atoms with Gasteiger partial charge in [0.05, 0.1) is 31.5 Å². The second-order valence-electron chi connectivity index (χ2n) is 6.42. The molecule has 4 rings (SSSR count). The molecular weight excluding hydrogens is 388 g/mol. The van der Waals surface area contributed by atoms with Crippen LogP contribution in [0.5, 0.6) is 11.5 Å². The van der Waals surface area contributed by atoms with Crippen molar-refractivity contribution in [1.82, 2.24) is 9.13 Å². The van der Waals surface area contributed by atoms with E-state index in [1.54, 1.807) is 35.9 Å². The van der Waals surface area contributed by atoms with E-state index in [0.717, 1.165) is 11.3 Å². The van der Waals surface area contributed by atoms with Gasteiger partial charge >= 0.3 is 5.69 Å². The number of fused-ring (bicyclic) bond motifs is 1. The zero-order valence-electron chi connectivity index (χ0n) is 16.1. The molecule has 4 aromatic rings. The van der Waals surface area contributed by atoms with Crippen molar-refractivity contribution >= 4 is 21.6 Å². The quantitative estimate of drug-likeness (QED) is 0.488. The maximum absolute atomic E-state index is 13.3. The number of aromatic nitrogens is 2. The summed E-state index contributed by atoms with van der Waals surface area (Å²) in [6, 6.07) is 16.3. The van der Waals surface area contributed by atoms with E-state index >= 15 is 0 Å². The minimum atomic E-state index is -0.382. The summed E-state index contributed by atoms with van der Waals surface area (Å²) in [5, 5.41) is 1.83. The van der Waals surface area contributed by atoms with Gasteiger partial charge in [-0.1, -0.05) is 12.1 Å². The Balaban J connectivity index is 1.88. The molecule has 0 amide bonds. The van der Waals surface area contributed by atoms with Crippen LogP contribution in [-0.2, 0) is 6.54 Å². The van der Waals surface area contributed by atoms with Crippen molar-refractivity contribution in [2.45, 2.75) is 13.5 Å². The Hall–Kier alpha value is -3.32. The summed E-state index contributed by atoms with van der Waals surface area (Å²) < 4.78 is 14.1. The summed E-state index contributed by atoms with van der Waals surface area (Å²) in [5.41, 5.74) is 1.36. The van der Waals surface area contributed by atoms with Crippen molar-refractivity contribution in [2.24, 2.45) is 0 Å². The van der Waals surface area contributed by atoms with Gasteiger partial charge < -0.3 is 9.47 Å². The van der Waals surface area contributed by atoms with Crippen LogP contribution >= 0.6 is 11.3 Å². The predicted molar refractivity (Wildman–Crippen MR) is 115 cm³/mol. The number of ether oxygens (including phenoxy) is 2. The number of nitrogens with zero attached hydrogens (tertiary/aromatic N) is 2. The lowest BCUT2D eigenvalue weighted by molar-refractivity contribution is 0.340. The van der Waals surface area contributed by atoms with E-state index < -0.39 is 0 Å². The molecule has 2 heterocycles. The molecule has 7 heteroatoms. The van der Waals surface area contributed by atoms with Gasteiger partial charge in [0.1, 0.15) is 16.2 Å². The normalized spacial score (nSPS) is 11.0. The Morgan fingerprint density at radius 2 is 1.79 bits per heavy atom. The number of thiophene rings is 1. The van der Waals surface area contributed by atoms with Crippen LogP contribution in [0.15, 0.2) is 69.6 Å². The molecule has 0 N–H and O–H groups in total. The Bertz CT molecular complexity index is 1270. The molecule has 0 atom stereocenters. The van der Waals surface area contributed by atoms with Crippen molar-refractivity contribution in [3.8, 4) is 17.2 Å². The maximum Gasteiger partial charge on any atom is 0.336 e. The van der Waals surface area contributed by atoms with E-state index in [9.17, 15) is 9.59 Å². The first-order chi connectivity index (χ1) is 14.1. The smallest absolute Gasteiger partial charge is 0.336 e. The Morgan fingerprint density at radius 1 is 1.00 bits per heavy atom. The van der Waals surface area contributed by atoms with E-state index in [1.807, 2.05) is 42.6 Å². The van der Waals surface area contributed by atoms with Crippen LogP contribution in [0.2, 0.25) is 0 Å². The molecule has 6 nitrogen and oxygen atoms in total. The third kappa shape index (κ3) is 3.56. The highest BCUT2D eigenvalue weighted by atomic mass is 32.1. The molecular formula is C22H20N2O4S. The van der Waals surface area contributed by atoms with Gasteiger partial charge in [0.2, 0.25) is 0 Å². The minimum Gasteiger partial charge on any atom is -0.497 e. The molecule has 0 aliphatic heterocycles. The SMILES string of the molecule is CCOc1ccc(-n2c(=O)c3sccc3n(Cc3cccc(OC)c3)c2=O)cc1. The van der Waals surface area contributed by atoms with Gasteiger partial charge in [-0.3, -0.25) is 9.36 Å². The van der Waals surface area contributed by atoms with E-state index in [4.69, 9.17) is 9.47 Å². The van der Waals surface area contributed by atoms with E-state index in [2.05, 4.69) is 0 Å². The van der Waals surface area contributed by atoms with E-state index in [-0.39, 0.29) is 11.2 Å². The van der Waals surface area contributed by atoms with Gasteiger partial charge in [-0.05, 0) is 60.3 Å². The Kier molecular flexibility index (Phi) is 5.22. The molecule has 0 aliphatic rings. The summed E-state index contributed by atoms with van der Waals surface area (Å²) in [4.78, 5) is 26.4. The highest BCUT2D eigenvalue weighted by Gasteiger charge is 2.16. The number of rotatable bonds is 6. The second kappa shape index (κ2) is 7.97. The highest BCUT2D eigenvalue weighted by Crippen LogP contribution is 2.20. The molecule has 0 fully saturated rings. The van der Waals surface area contributed by atoms with Crippen molar-refractivity contribution < 1.29 is 9.47 Å². The van der Waals surface area contributed by atoms with Crippen LogP contribution in [0.3, 0.4) is 0 Å². The van der Waals surface area contributed by atoms with Gasteiger partial charge in [0, 0.05) is 0 Å². The average molecular weight is 408 g/mol. The van der Waals surface area contributed by atoms with Gasteiger partial charge in [0.15, 0.2) is 0 Å². The monoisotopic (exact) mass is 408 g/mol. The topological polar surface area (TPSA) is 62.5 Å². The van der Waals surface area contributed by atoms with Crippen LogP contribution in [0.1, 0.15) is 12.5 Å². The van der Waals surface area contributed by atoms with Gasteiger partial charge in [0.25, 0.3) is 5.56 Å². The van der Waals surface area contributed by atoms with Crippen molar-refractivity contribution in [1.29, 1.82) is 0 Å². The Labute approximate surface area is 171 Å². The summed E-state index contributed by atoms with van der Waals surface area (Å²) in [7, 11) is 1.61. The summed E-state index contributed by atoms with van der Waals surface area (Å²) >= 11 is 1.33. The number of methoxy groups -OCH3 is 1. The third-order valence-electron chi connectivity index (χ3n) is 4.64. The van der Waals surface area contributed by atoms with Crippen LogP contribution in [0.25, 0.3) is 15.9 Å². The van der Waals surface area contributed by atoms with E-state index in [1.165, 1.54) is 15.9 Å². The lowest BCUT2D eigenvalue weighted by Gasteiger charge is -2.13. The average Bonchev–Trinajstić information content (AvgIpc) is 3.23. The van der Waals surface area contributed by atoms with Crippen LogP contribution in [0.4, 0.5) is 0 Å². The molecule has 0 saturated heterocycles. The van der Waals surface area contributed by atoms with Gasteiger partial charge in [-0.2, -0.15) is 0 Å². The first-order valence-electron chi connectivity index (χ1n) is 9.21. The molecule has 0 radical (unpaired) electrons. The summed E-state index contributed by atoms with van der Waals surface area (Å²) in [6.07, 6.45) is 0. The Morgan fingerprint density at radius 3 is 2.52 bits per heavy atom. The highest BCUT2D eigenvalue weighted by molar-refractivity contribution is 7.17. The summed E-state index contributed by atoms with van der Waals surface area (Å²) in [5.74, 6) is 1.41. The second-order valence-corrected chi connectivity index (χ2v) is 7.34. The zero-order chi connectivity index (χ0) is 20.4. The van der Waals surface area contributed by atoms with Crippen LogP contribution in [-0.4, -0.2) is 22.9 Å². The van der Waals surface area contributed by atoms with Gasteiger partial charge in [-0.25, -0.2) is 9.36 Å². The summed E-state index contributed by atoms with van der Waals surface area (Å²) in [6.45, 7) is 2.79. The van der Waals surface area contributed by atoms with E-state index in [0.29, 0.717) is 34.8 Å². The molecule has 0 saturated carbocycles. The zero-order valence-corrected chi connectivity index (χ0v) is 16.9. The lowest BCUT2D eigenvalue weighted by Crippen LogP contribution is -2.38. The maximum atomic E-state index is 13.3. The standard InChI is InChI=1S/C22H20N2O4S/c1-3-28-17-9-7-16(8-10-17)24-21(25)20-19(11-12-29-20)23(22(24)26)14-15-5-4-6-18(13-15)27-2/h4-13H,3,14H2,1-2H3. The van der Waals surface area contributed by atoms with Crippen molar-refractivity contribution in [3.05, 3.63) is 86.4 Å². The first-order valence-corrected chi connectivity index (χ1v) is 10.1. The fourth-order valence-corrected chi connectivity index (χ4v) is 4.10. The fraction of sp³-hybridized carbons (Fsp3) is 0.182. The molecule has 2 aromatic carbocycles. The van der Waals surface area contributed by atoms with Crippen molar-refractivity contribution in [2.75, 3.05) is 13.7 Å². The van der Waals surface area contributed by atoms with Crippen LogP contribution < -0.4 is 20.7 Å². The molecule has 0 bridgehead atoms. The largest absolute Gasteiger partial charge is 0.497 e. The lowest BCUT2D eigenvalue weighted by atomic mass is 10.2. The van der Waals surface area contributed by atoms with Gasteiger partial charge in [-0.15, -0.1) is 11.3 Å². The minimum absolute atomic E-state index is 0.314. The number of benzene rings is 2. The third-order valence-corrected chi connectivity index (χ3v) is 5.53. The number of hydrogen-bond acceptors (Lipinski definition) is 5. The van der Waals surface area contributed by atoms with Crippen LogP contribution in [0, 0.1) is 0 Å². The molecule has 2 aromatic heterocycles. The fourth-order valence-electron chi connectivity index (χ4n) is 3.28. The van der Waals surface area contributed by atoms with Crippen molar-refractivity contribution in [3.63, 3.8) is 0 Å². The molecule has 0 spiro atoms. The molecule has 0 aliphatic carbocycles. The molecule has 29 heavy (non-hydrogen) atoms.